The number of rotatable bonds is 11. The number of fused-ring (bicyclic) bond motifs is 1. The maximum Gasteiger partial charge on any atom is 0.323 e. The van der Waals surface area contributed by atoms with Crippen LogP contribution in [0.5, 0.6) is 5.75 Å². The van der Waals surface area contributed by atoms with Gasteiger partial charge in [0.05, 0.1) is 6.54 Å². The summed E-state index contributed by atoms with van der Waals surface area (Å²) < 4.78 is 9.36. The highest BCUT2D eigenvalue weighted by molar-refractivity contribution is 6.07. The molecular formula is C34H39N7O3. The minimum atomic E-state index is -0.482. The number of nitrogens with zero attached hydrogens (tertiary/aromatic N) is 5. The number of hydrogen-bond acceptors (Lipinski definition) is 6. The van der Waals surface area contributed by atoms with Crippen LogP contribution in [0.3, 0.4) is 0 Å². The number of anilines is 2. The van der Waals surface area contributed by atoms with Gasteiger partial charge in [0.1, 0.15) is 36.3 Å². The van der Waals surface area contributed by atoms with Crippen molar-refractivity contribution in [1.29, 1.82) is 0 Å². The lowest BCUT2D eigenvalue weighted by molar-refractivity contribution is 0.262. The maximum atomic E-state index is 14.1. The Hall–Kier alpha value is -4.99. The van der Waals surface area contributed by atoms with E-state index in [1.807, 2.05) is 61.5 Å². The van der Waals surface area contributed by atoms with Crippen LogP contribution < -0.4 is 20.9 Å². The number of carbonyl (C=O) groups is 1. The maximum absolute atomic E-state index is 14.1. The molecule has 0 bridgehead atoms. The molecule has 2 N–H and O–H groups in total. The van der Waals surface area contributed by atoms with E-state index in [9.17, 15) is 9.59 Å². The molecular weight excluding hydrogens is 554 g/mol. The molecule has 5 aromatic rings. The van der Waals surface area contributed by atoms with Crippen molar-refractivity contribution in [3.8, 4) is 16.9 Å². The number of aromatic nitrogens is 5. The Bertz CT molecular complexity index is 1780. The van der Waals surface area contributed by atoms with Crippen LogP contribution in [-0.2, 0) is 13.1 Å². The molecule has 10 nitrogen and oxygen atoms in total. The van der Waals surface area contributed by atoms with Crippen LogP contribution in [0.2, 0.25) is 0 Å². The molecule has 0 unspecified atom stereocenters. The Morgan fingerprint density at radius 2 is 1.66 bits per heavy atom. The predicted octanol–water partition coefficient (Wildman–Crippen LogP) is 7.03. The first kappa shape index (κ1) is 30.5. The Balaban J connectivity index is 1.58. The number of hydrogen-bond donors (Lipinski definition) is 2. The van der Waals surface area contributed by atoms with Crippen molar-refractivity contribution in [2.24, 2.45) is 0 Å². The van der Waals surface area contributed by atoms with E-state index >= 15 is 0 Å². The lowest BCUT2D eigenvalue weighted by atomic mass is 9.93. The van der Waals surface area contributed by atoms with Gasteiger partial charge in [-0.2, -0.15) is 5.10 Å². The summed E-state index contributed by atoms with van der Waals surface area (Å²) in [6.07, 6.45) is 5.52. The van der Waals surface area contributed by atoms with Gasteiger partial charge in [-0.1, -0.05) is 65.0 Å². The number of benzene rings is 2. The molecule has 0 saturated heterocycles. The fourth-order valence-electron chi connectivity index (χ4n) is 5.43. The lowest BCUT2D eigenvalue weighted by Gasteiger charge is -2.22. The quantitative estimate of drug-likeness (QED) is 0.170. The van der Waals surface area contributed by atoms with Gasteiger partial charge < -0.3 is 15.4 Å². The third-order valence-electron chi connectivity index (χ3n) is 7.50. The van der Waals surface area contributed by atoms with E-state index in [4.69, 9.17) is 4.74 Å². The summed E-state index contributed by atoms with van der Waals surface area (Å²) in [6.45, 7) is 11.8. The molecule has 3 aromatic heterocycles. The van der Waals surface area contributed by atoms with Crippen LogP contribution in [0.25, 0.3) is 22.2 Å². The summed E-state index contributed by atoms with van der Waals surface area (Å²) >= 11 is 0. The third kappa shape index (κ3) is 6.49. The zero-order valence-electron chi connectivity index (χ0n) is 25.9. The first-order valence-electron chi connectivity index (χ1n) is 15.1. The molecule has 0 aliphatic heterocycles. The second-order valence-corrected chi connectivity index (χ2v) is 11.3. The van der Waals surface area contributed by atoms with E-state index in [-0.39, 0.29) is 23.1 Å². The average Bonchev–Trinajstić information content (AvgIpc) is 3.53. The van der Waals surface area contributed by atoms with Crippen molar-refractivity contribution < 1.29 is 9.53 Å². The van der Waals surface area contributed by atoms with Crippen LogP contribution in [0.4, 0.5) is 16.2 Å². The minimum Gasteiger partial charge on any atom is -0.492 e. The summed E-state index contributed by atoms with van der Waals surface area (Å²) in [5, 5.41) is 10.9. The standard InChI is InChI=1S/C34H39N7O3/c1-6-16-41-32-28(14-9-15-36-32)29(24-10-7-11-25(19-24)44-18-17-40-21-35-20-37-40)31(33(41)42)39-34(43)38-30-26(22(2)3)12-8-13-27(30)23(4)5/h7-15,19-23H,6,16-18H2,1-5H3,(H2,38,39,43). The second-order valence-electron chi connectivity index (χ2n) is 11.3. The molecule has 10 heteroatoms. The van der Waals surface area contributed by atoms with Gasteiger partial charge in [0.15, 0.2) is 0 Å². The number of amides is 2. The van der Waals surface area contributed by atoms with Gasteiger partial charge in [-0.25, -0.2) is 19.4 Å². The molecule has 228 valence electrons. The first-order chi connectivity index (χ1) is 21.3. The van der Waals surface area contributed by atoms with E-state index in [2.05, 4.69) is 53.4 Å². The SMILES string of the molecule is CCCn1c(=O)c(NC(=O)Nc2c(C(C)C)cccc2C(C)C)c(-c2cccc(OCCn3cncn3)c2)c2cccnc21. The van der Waals surface area contributed by atoms with Crippen molar-refractivity contribution >= 4 is 28.4 Å². The van der Waals surface area contributed by atoms with Crippen LogP contribution in [0, 0.1) is 0 Å². The monoisotopic (exact) mass is 593 g/mol. The Kier molecular flexibility index (Phi) is 9.38. The molecule has 0 spiro atoms. The predicted molar refractivity (Wildman–Crippen MR) is 175 cm³/mol. The number of carbonyl (C=O) groups excluding carboxylic acids is 1. The van der Waals surface area contributed by atoms with Gasteiger partial charge in [0.25, 0.3) is 5.56 Å². The lowest BCUT2D eigenvalue weighted by Crippen LogP contribution is -2.30. The van der Waals surface area contributed by atoms with Gasteiger partial charge in [-0.15, -0.1) is 0 Å². The molecule has 0 atom stereocenters. The number of ether oxygens (including phenoxy) is 1. The molecule has 0 aliphatic rings. The van der Waals surface area contributed by atoms with E-state index < -0.39 is 6.03 Å². The number of aryl methyl sites for hydroxylation is 1. The van der Waals surface area contributed by atoms with E-state index in [1.165, 1.54) is 6.33 Å². The fraction of sp³-hybridized carbons (Fsp3) is 0.324. The second kappa shape index (κ2) is 13.5. The molecule has 0 radical (unpaired) electrons. The number of nitrogens with one attached hydrogen (secondary N) is 2. The number of para-hydroxylation sites is 1. The van der Waals surface area contributed by atoms with Crippen LogP contribution in [0.1, 0.15) is 64.0 Å². The van der Waals surface area contributed by atoms with Crippen molar-refractivity contribution in [2.45, 2.75) is 66.0 Å². The van der Waals surface area contributed by atoms with E-state index in [1.54, 1.807) is 21.8 Å². The molecule has 2 aromatic carbocycles. The van der Waals surface area contributed by atoms with Gasteiger partial charge >= 0.3 is 6.03 Å². The topological polar surface area (TPSA) is 116 Å². The highest BCUT2D eigenvalue weighted by Gasteiger charge is 2.22. The Morgan fingerprint density at radius 3 is 2.34 bits per heavy atom. The summed E-state index contributed by atoms with van der Waals surface area (Å²) in [5.41, 5.74) is 4.58. The third-order valence-corrected chi connectivity index (χ3v) is 7.50. The largest absolute Gasteiger partial charge is 0.492 e. The van der Waals surface area contributed by atoms with Gasteiger partial charge in [-0.05, 0) is 59.2 Å². The van der Waals surface area contributed by atoms with Crippen LogP contribution >= 0.6 is 0 Å². The normalized spacial score (nSPS) is 11.3. The van der Waals surface area contributed by atoms with E-state index in [0.29, 0.717) is 36.7 Å². The van der Waals surface area contributed by atoms with Gasteiger partial charge in [0.2, 0.25) is 0 Å². The van der Waals surface area contributed by atoms with Gasteiger partial charge in [0, 0.05) is 29.4 Å². The van der Waals surface area contributed by atoms with Gasteiger partial charge in [-0.3, -0.25) is 9.36 Å². The van der Waals surface area contributed by atoms with Crippen molar-refractivity contribution in [3.63, 3.8) is 0 Å². The molecule has 5 rings (SSSR count). The summed E-state index contributed by atoms with van der Waals surface area (Å²) in [6, 6.07) is 16.9. The Labute approximate surface area is 257 Å². The molecule has 44 heavy (non-hydrogen) atoms. The zero-order valence-corrected chi connectivity index (χ0v) is 25.9. The van der Waals surface area contributed by atoms with Crippen molar-refractivity contribution in [1.82, 2.24) is 24.3 Å². The van der Waals surface area contributed by atoms with Crippen LogP contribution in [-0.4, -0.2) is 37.0 Å². The van der Waals surface area contributed by atoms with Crippen LogP contribution in [0.15, 0.2) is 78.2 Å². The fourth-order valence-corrected chi connectivity index (χ4v) is 5.43. The van der Waals surface area contributed by atoms with E-state index in [0.717, 1.165) is 34.2 Å². The zero-order chi connectivity index (χ0) is 31.2. The highest BCUT2D eigenvalue weighted by atomic mass is 16.5. The summed E-state index contributed by atoms with van der Waals surface area (Å²) in [4.78, 5) is 36.4. The minimum absolute atomic E-state index is 0.185. The molecule has 0 saturated carbocycles. The highest BCUT2D eigenvalue weighted by Crippen LogP contribution is 2.36. The summed E-state index contributed by atoms with van der Waals surface area (Å²) in [5.74, 6) is 1.01. The molecule has 0 aliphatic carbocycles. The van der Waals surface area contributed by atoms with Crippen molar-refractivity contribution in [3.05, 3.63) is 94.9 Å². The molecule has 2 amide bonds. The Morgan fingerprint density at radius 1 is 0.932 bits per heavy atom. The number of urea groups is 1. The molecule has 3 heterocycles. The summed E-state index contributed by atoms with van der Waals surface area (Å²) in [7, 11) is 0. The molecule has 0 fully saturated rings. The average molecular weight is 594 g/mol. The smallest absolute Gasteiger partial charge is 0.323 e. The first-order valence-corrected chi connectivity index (χ1v) is 15.1. The van der Waals surface area contributed by atoms with Crippen molar-refractivity contribution in [2.75, 3.05) is 17.2 Å². The number of pyridine rings is 2.